The van der Waals surface area contributed by atoms with Gasteiger partial charge in [-0.25, -0.2) is 4.98 Å². The van der Waals surface area contributed by atoms with Crippen molar-refractivity contribution in [2.45, 2.75) is 57.5 Å². The van der Waals surface area contributed by atoms with Crippen LogP contribution in [-0.2, 0) is 17.8 Å². The van der Waals surface area contributed by atoms with E-state index in [1.807, 2.05) is 53.2 Å². The van der Waals surface area contributed by atoms with Crippen LogP contribution in [0.5, 0.6) is 0 Å². The van der Waals surface area contributed by atoms with Gasteiger partial charge in [-0.3, -0.25) is 9.78 Å². The molecule has 0 N–H and O–H groups in total. The van der Waals surface area contributed by atoms with Gasteiger partial charge in [-0.2, -0.15) is 0 Å². The summed E-state index contributed by atoms with van der Waals surface area (Å²) in [5, 5.41) is 0. The maximum absolute atomic E-state index is 13.1. The molecule has 0 atom stereocenters. The molecule has 1 amide bonds. The van der Waals surface area contributed by atoms with Gasteiger partial charge in [-0.1, -0.05) is 31.4 Å². The molecule has 27 heavy (non-hydrogen) atoms. The van der Waals surface area contributed by atoms with Gasteiger partial charge in [0.15, 0.2) is 0 Å². The van der Waals surface area contributed by atoms with Crippen LogP contribution >= 0.6 is 0 Å². The molecule has 0 saturated heterocycles. The Labute approximate surface area is 160 Å². The summed E-state index contributed by atoms with van der Waals surface area (Å²) in [6, 6.07) is 12.2. The fourth-order valence-corrected chi connectivity index (χ4v) is 3.97. The molecule has 0 unspecified atom stereocenters. The summed E-state index contributed by atoms with van der Waals surface area (Å²) in [5.74, 6) is 0.213. The van der Waals surface area contributed by atoms with Crippen LogP contribution in [-0.4, -0.2) is 31.2 Å². The number of rotatable bonds is 6. The Morgan fingerprint density at radius 2 is 1.93 bits per heavy atom. The Balaban J connectivity index is 1.45. The van der Waals surface area contributed by atoms with Crippen LogP contribution in [0.3, 0.4) is 0 Å². The number of nitrogens with zero attached hydrogens (tertiary/aromatic N) is 4. The van der Waals surface area contributed by atoms with Crippen LogP contribution in [0.4, 0.5) is 0 Å². The number of aromatic nitrogens is 3. The van der Waals surface area contributed by atoms with Crippen LogP contribution in [0.25, 0.3) is 5.65 Å². The Morgan fingerprint density at radius 1 is 1.07 bits per heavy atom. The van der Waals surface area contributed by atoms with Gasteiger partial charge in [-0.15, -0.1) is 0 Å². The minimum absolute atomic E-state index is 0.213. The highest BCUT2D eigenvalue weighted by atomic mass is 16.2. The summed E-state index contributed by atoms with van der Waals surface area (Å²) in [5.41, 5.74) is 2.86. The maximum Gasteiger partial charge on any atom is 0.223 e. The molecule has 1 aliphatic rings. The number of imidazole rings is 1. The summed E-state index contributed by atoms with van der Waals surface area (Å²) in [4.78, 5) is 24.2. The van der Waals surface area contributed by atoms with E-state index in [2.05, 4.69) is 14.9 Å². The van der Waals surface area contributed by atoms with E-state index in [0.29, 0.717) is 25.4 Å². The zero-order chi connectivity index (χ0) is 18.5. The van der Waals surface area contributed by atoms with E-state index < -0.39 is 0 Å². The second-order valence-electron chi connectivity index (χ2n) is 7.33. The van der Waals surface area contributed by atoms with Gasteiger partial charge in [0.1, 0.15) is 5.65 Å². The lowest BCUT2D eigenvalue weighted by Gasteiger charge is -2.34. The molecule has 3 heterocycles. The van der Waals surface area contributed by atoms with Crippen molar-refractivity contribution in [2.24, 2.45) is 0 Å². The molecule has 1 fully saturated rings. The summed E-state index contributed by atoms with van der Waals surface area (Å²) >= 11 is 0. The predicted molar refractivity (Wildman–Crippen MR) is 105 cm³/mol. The van der Waals surface area contributed by atoms with E-state index in [-0.39, 0.29) is 5.91 Å². The molecule has 0 aromatic carbocycles. The highest BCUT2D eigenvalue weighted by molar-refractivity contribution is 5.76. The number of aryl methyl sites for hydroxylation is 1. The molecule has 5 heteroatoms. The molecular formula is C22H26N4O. The minimum atomic E-state index is 0.213. The van der Waals surface area contributed by atoms with E-state index in [4.69, 9.17) is 0 Å². The van der Waals surface area contributed by atoms with Gasteiger partial charge in [-0.05, 0) is 43.5 Å². The lowest BCUT2D eigenvalue weighted by molar-refractivity contribution is -0.135. The molecule has 5 nitrogen and oxygen atoms in total. The number of hydrogen-bond donors (Lipinski definition) is 0. The third kappa shape index (κ3) is 4.35. The van der Waals surface area contributed by atoms with Crippen LogP contribution in [0.1, 0.15) is 49.9 Å². The molecule has 1 saturated carbocycles. The van der Waals surface area contributed by atoms with Crippen molar-refractivity contribution < 1.29 is 4.79 Å². The van der Waals surface area contributed by atoms with Crippen molar-refractivity contribution in [3.63, 3.8) is 0 Å². The predicted octanol–water partition coefficient (Wildman–Crippen LogP) is 4.02. The molecule has 0 spiro atoms. The first kappa shape index (κ1) is 17.7. The number of carbonyl (C=O) groups excluding carboxylic acids is 1. The molecule has 3 aromatic rings. The molecule has 3 aromatic heterocycles. The number of carbonyl (C=O) groups is 1. The summed E-state index contributed by atoms with van der Waals surface area (Å²) < 4.78 is 2.01. The smallest absolute Gasteiger partial charge is 0.223 e. The van der Waals surface area contributed by atoms with E-state index in [0.717, 1.165) is 29.9 Å². The lowest BCUT2D eigenvalue weighted by Crippen LogP contribution is -2.41. The lowest BCUT2D eigenvalue weighted by atomic mass is 9.93. The second kappa shape index (κ2) is 8.33. The van der Waals surface area contributed by atoms with Gasteiger partial charge < -0.3 is 9.30 Å². The fourth-order valence-electron chi connectivity index (χ4n) is 3.97. The molecule has 0 aliphatic heterocycles. The number of fused-ring (bicyclic) bond motifs is 1. The molecule has 4 rings (SSSR count). The van der Waals surface area contributed by atoms with E-state index in [1.165, 1.54) is 19.3 Å². The highest BCUT2D eigenvalue weighted by Crippen LogP contribution is 2.25. The summed E-state index contributed by atoms with van der Waals surface area (Å²) in [6.07, 6.45) is 12.9. The topological polar surface area (TPSA) is 50.5 Å². The summed E-state index contributed by atoms with van der Waals surface area (Å²) in [6.45, 7) is 0.607. The van der Waals surface area contributed by atoms with Crippen LogP contribution in [0.15, 0.2) is 55.0 Å². The van der Waals surface area contributed by atoms with Gasteiger partial charge in [0.2, 0.25) is 5.91 Å². The molecule has 0 radical (unpaired) electrons. The van der Waals surface area contributed by atoms with Crippen molar-refractivity contribution in [1.29, 1.82) is 0 Å². The standard InChI is InChI=1S/C22H26N4O/c27-22(13-12-19-16-25-15-7-5-11-21(25)24-19)26(20-9-2-1-3-10-20)17-18-8-4-6-14-23-18/h4-8,11,14-16,20H,1-3,9-10,12-13,17H2. The Kier molecular flexibility index (Phi) is 5.47. The number of pyridine rings is 2. The third-order valence-corrected chi connectivity index (χ3v) is 5.40. The van der Waals surface area contributed by atoms with Gasteiger partial charge in [0.05, 0.1) is 17.9 Å². The van der Waals surface area contributed by atoms with E-state index in [1.54, 1.807) is 6.20 Å². The van der Waals surface area contributed by atoms with Crippen molar-refractivity contribution in [1.82, 2.24) is 19.3 Å². The normalized spacial score (nSPS) is 15.1. The van der Waals surface area contributed by atoms with Gasteiger partial charge in [0.25, 0.3) is 0 Å². The minimum Gasteiger partial charge on any atom is -0.334 e. The number of hydrogen-bond acceptors (Lipinski definition) is 3. The Hall–Kier alpha value is -2.69. The number of amides is 1. The van der Waals surface area contributed by atoms with Crippen LogP contribution in [0, 0.1) is 0 Å². The summed E-state index contributed by atoms with van der Waals surface area (Å²) in [7, 11) is 0. The fraction of sp³-hybridized carbons (Fsp3) is 0.409. The van der Waals surface area contributed by atoms with Crippen LogP contribution in [0.2, 0.25) is 0 Å². The third-order valence-electron chi connectivity index (χ3n) is 5.40. The van der Waals surface area contributed by atoms with Crippen molar-refractivity contribution >= 4 is 11.6 Å². The Morgan fingerprint density at radius 3 is 2.70 bits per heavy atom. The van der Waals surface area contributed by atoms with Crippen LogP contribution < -0.4 is 0 Å². The second-order valence-corrected chi connectivity index (χ2v) is 7.33. The molecule has 1 aliphatic carbocycles. The monoisotopic (exact) mass is 362 g/mol. The molecular weight excluding hydrogens is 336 g/mol. The van der Waals surface area contributed by atoms with E-state index in [9.17, 15) is 4.79 Å². The highest BCUT2D eigenvalue weighted by Gasteiger charge is 2.25. The first-order valence-corrected chi connectivity index (χ1v) is 9.91. The average molecular weight is 362 g/mol. The van der Waals surface area contributed by atoms with Crippen molar-refractivity contribution in [3.8, 4) is 0 Å². The molecule has 0 bridgehead atoms. The average Bonchev–Trinajstić information content (AvgIpc) is 3.15. The zero-order valence-electron chi connectivity index (χ0n) is 15.6. The quantitative estimate of drug-likeness (QED) is 0.665. The zero-order valence-corrected chi connectivity index (χ0v) is 15.6. The van der Waals surface area contributed by atoms with E-state index >= 15 is 0 Å². The SMILES string of the molecule is O=C(CCc1cn2ccccc2n1)N(Cc1ccccn1)C1CCCCC1. The van der Waals surface area contributed by atoms with Gasteiger partial charge in [0, 0.05) is 31.1 Å². The Bertz CT molecular complexity index is 850. The first-order chi connectivity index (χ1) is 13.3. The van der Waals surface area contributed by atoms with Crippen molar-refractivity contribution in [2.75, 3.05) is 0 Å². The maximum atomic E-state index is 13.1. The largest absolute Gasteiger partial charge is 0.334 e. The van der Waals surface area contributed by atoms with Gasteiger partial charge >= 0.3 is 0 Å². The first-order valence-electron chi connectivity index (χ1n) is 9.91. The van der Waals surface area contributed by atoms with Crippen molar-refractivity contribution in [3.05, 3.63) is 66.4 Å². The molecule has 140 valence electrons.